The number of unbranched alkanes of at least 4 members (excludes halogenated alkanes) is 1. The van der Waals surface area contributed by atoms with E-state index in [0.717, 1.165) is 24.2 Å². The van der Waals surface area contributed by atoms with Crippen LogP contribution in [0.3, 0.4) is 0 Å². The van der Waals surface area contributed by atoms with Gasteiger partial charge in [0.05, 0.1) is 18.1 Å². The Bertz CT molecular complexity index is 930. The van der Waals surface area contributed by atoms with Gasteiger partial charge < -0.3 is 12.5 Å². The van der Waals surface area contributed by atoms with Gasteiger partial charge in [0.25, 0.3) is 0 Å². The fourth-order valence-electron chi connectivity index (χ4n) is 3.37. The van der Waals surface area contributed by atoms with Crippen LogP contribution >= 0.6 is 34.6 Å². The number of benzene rings is 2. The highest BCUT2D eigenvalue weighted by Gasteiger charge is 2.24. The Kier molecular flexibility index (Phi) is 11.8. The number of alkyl halides is 1. The molecule has 2 aromatic rings. The first-order chi connectivity index (χ1) is 15.7. The highest BCUT2D eigenvalue weighted by Crippen LogP contribution is 2.33. The molecule has 1 unspecified atom stereocenters. The predicted octanol–water partition coefficient (Wildman–Crippen LogP) is 6.35. The minimum Gasteiger partial charge on any atom is -0.494 e. The number of ether oxygens (including phenoxy) is 2. The first kappa shape index (κ1) is 28.2. The van der Waals surface area contributed by atoms with Crippen molar-refractivity contribution in [2.45, 2.75) is 51.6 Å². The summed E-state index contributed by atoms with van der Waals surface area (Å²) in [5.41, 5.74) is 2.13. The van der Waals surface area contributed by atoms with E-state index < -0.39 is 15.9 Å². The summed E-state index contributed by atoms with van der Waals surface area (Å²) >= 11 is 7.44. The molecule has 0 fully saturated rings. The van der Waals surface area contributed by atoms with Crippen LogP contribution in [0.15, 0.2) is 48.5 Å². The molecule has 8 heteroatoms. The molecule has 184 valence electrons. The number of rotatable bonds is 15. The van der Waals surface area contributed by atoms with Gasteiger partial charge in [-0.15, -0.1) is 11.6 Å². The summed E-state index contributed by atoms with van der Waals surface area (Å²) in [6.07, 6.45) is 1.83. The lowest BCUT2D eigenvalue weighted by Gasteiger charge is -2.26. The predicted molar refractivity (Wildman–Crippen MR) is 144 cm³/mol. The molecule has 1 atom stereocenters. The zero-order valence-electron chi connectivity index (χ0n) is 19.6. The van der Waals surface area contributed by atoms with Gasteiger partial charge >= 0.3 is 0 Å². The van der Waals surface area contributed by atoms with Gasteiger partial charge in [0.1, 0.15) is 47.2 Å². The molecule has 0 heterocycles. The topological polar surface area (TPSA) is 61.8 Å². The smallest absolute Gasteiger partial charge is 0.153 e. The van der Waals surface area contributed by atoms with Crippen LogP contribution in [0.4, 0.5) is 0 Å². The molecule has 0 amide bonds. The fourth-order valence-corrected chi connectivity index (χ4v) is 5.67. The molecule has 0 saturated carbocycles. The summed E-state index contributed by atoms with van der Waals surface area (Å²) in [5.74, 6) is 2.26. The van der Waals surface area contributed by atoms with E-state index in [2.05, 4.69) is 26.0 Å². The third kappa shape index (κ3) is 9.26. The molecule has 2 aromatic carbocycles. The van der Waals surface area contributed by atoms with Crippen LogP contribution in [-0.2, 0) is 18.3 Å². The van der Waals surface area contributed by atoms with E-state index in [-0.39, 0.29) is 23.5 Å². The Balaban J connectivity index is 1.97. The highest BCUT2D eigenvalue weighted by molar-refractivity contribution is 14.1. The van der Waals surface area contributed by atoms with Gasteiger partial charge in [0.15, 0.2) is 9.84 Å². The minimum absolute atomic E-state index is 0.0351. The molecule has 0 saturated heterocycles. The van der Waals surface area contributed by atoms with Crippen molar-refractivity contribution >= 4 is 44.4 Å². The van der Waals surface area contributed by atoms with Gasteiger partial charge in [-0.1, -0.05) is 51.5 Å². The molecule has 2 rings (SSSR count). The first-order valence-corrected chi connectivity index (χ1v) is 14.5. The van der Waals surface area contributed by atoms with Crippen molar-refractivity contribution in [1.82, 2.24) is 0 Å². The minimum atomic E-state index is -3.15. The second-order valence-corrected chi connectivity index (χ2v) is 11.7. The summed E-state index contributed by atoms with van der Waals surface area (Å²) in [4.78, 5) is 0. The summed E-state index contributed by atoms with van der Waals surface area (Å²) in [5, 5.41) is 0. The molecule has 0 aliphatic heterocycles. The van der Waals surface area contributed by atoms with Crippen molar-refractivity contribution in [3.8, 4) is 11.5 Å². The van der Waals surface area contributed by atoms with Gasteiger partial charge in [0.2, 0.25) is 0 Å². The number of sulfone groups is 1. The Morgan fingerprint density at radius 3 is 1.97 bits per heavy atom. The van der Waals surface area contributed by atoms with E-state index in [0.29, 0.717) is 24.7 Å². The van der Waals surface area contributed by atoms with Crippen LogP contribution in [0.2, 0.25) is 0 Å². The average Bonchev–Trinajstić information content (AvgIpc) is 2.81. The standard InChI is InChI=1S/C25H34ClIO5S/c1-4-5-17-33(28,29)19-24(32-27)18-31-23-13-9-21(10-14-23)25(2,3)20-7-11-22(12-8-20)30-16-6-15-26/h7-14,24H,4-6,15-19H2,1-3H3. The maximum Gasteiger partial charge on any atom is 0.153 e. The molecule has 33 heavy (non-hydrogen) atoms. The molecule has 0 radical (unpaired) electrons. The number of hydrogen-bond donors (Lipinski definition) is 0. The average molecular weight is 609 g/mol. The molecule has 0 aromatic heterocycles. The van der Waals surface area contributed by atoms with Crippen LogP contribution < -0.4 is 9.47 Å². The van der Waals surface area contributed by atoms with E-state index in [1.54, 1.807) is 23.0 Å². The Labute approximate surface area is 217 Å². The van der Waals surface area contributed by atoms with Crippen LogP contribution in [0.5, 0.6) is 11.5 Å². The Morgan fingerprint density at radius 2 is 1.48 bits per heavy atom. The lowest BCUT2D eigenvalue weighted by Crippen LogP contribution is -2.29. The fraction of sp³-hybridized carbons (Fsp3) is 0.520. The normalized spacial score (nSPS) is 13.0. The van der Waals surface area contributed by atoms with Crippen LogP contribution in [0, 0.1) is 0 Å². The first-order valence-electron chi connectivity index (χ1n) is 11.2. The SMILES string of the molecule is CCCCS(=O)(=O)CC(COc1ccc(C(C)(C)c2ccc(OCCCCl)cc2)cc1)OI. The van der Waals surface area contributed by atoms with E-state index in [4.69, 9.17) is 24.1 Å². The maximum atomic E-state index is 12.2. The lowest BCUT2D eigenvalue weighted by molar-refractivity contribution is 0.188. The van der Waals surface area contributed by atoms with E-state index in [1.165, 1.54) is 5.56 Å². The molecule has 0 spiro atoms. The van der Waals surface area contributed by atoms with Gasteiger partial charge in [0, 0.05) is 11.3 Å². The third-order valence-electron chi connectivity index (χ3n) is 5.51. The maximum absolute atomic E-state index is 12.2. The van der Waals surface area contributed by atoms with E-state index >= 15 is 0 Å². The zero-order valence-corrected chi connectivity index (χ0v) is 23.3. The van der Waals surface area contributed by atoms with Crippen molar-refractivity contribution in [2.24, 2.45) is 0 Å². The van der Waals surface area contributed by atoms with Crippen LogP contribution in [0.25, 0.3) is 0 Å². The van der Waals surface area contributed by atoms with Gasteiger partial charge in [-0.25, -0.2) is 8.42 Å². The molecule has 0 aliphatic rings. The van der Waals surface area contributed by atoms with Crippen molar-refractivity contribution in [2.75, 3.05) is 30.6 Å². The Morgan fingerprint density at radius 1 is 0.939 bits per heavy atom. The molecule has 0 bridgehead atoms. The monoisotopic (exact) mass is 608 g/mol. The molecular weight excluding hydrogens is 575 g/mol. The lowest BCUT2D eigenvalue weighted by atomic mass is 9.78. The van der Waals surface area contributed by atoms with Gasteiger partial charge in [-0.2, -0.15) is 0 Å². The second kappa shape index (κ2) is 13.8. The van der Waals surface area contributed by atoms with Crippen LogP contribution in [0.1, 0.15) is 51.2 Å². The third-order valence-corrected chi connectivity index (χ3v) is 8.29. The van der Waals surface area contributed by atoms with Crippen molar-refractivity contribution in [3.05, 3.63) is 59.7 Å². The second-order valence-electron chi connectivity index (χ2n) is 8.55. The summed E-state index contributed by atoms with van der Waals surface area (Å²) < 4.78 is 41.2. The largest absolute Gasteiger partial charge is 0.494 e. The summed E-state index contributed by atoms with van der Waals surface area (Å²) in [7, 11) is -3.15. The van der Waals surface area contributed by atoms with E-state index in [1.807, 2.05) is 43.3 Å². The number of halogens is 2. The zero-order chi connectivity index (χ0) is 24.3. The summed E-state index contributed by atoms with van der Waals surface area (Å²) in [6, 6.07) is 16.1. The van der Waals surface area contributed by atoms with Crippen LogP contribution in [-0.4, -0.2) is 45.1 Å². The van der Waals surface area contributed by atoms with Crippen molar-refractivity contribution < 1.29 is 21.0 Å². The van der Waals surface area contributed by atoms with Crippen molar-refractivity contribution in [3.63, 3.8) is 0 Å². The quantitative estimate of drug-likeness (QED) is 0.134. The molecule has 0 aliphatic carbocycles. The number of hydrogen-bond acceptors (Lipinski definition) is 5. The summed E-state index contributed by atoms with van der Waals surface area (Å²) in [6.45, 7) is 7.12. The Hall–Kier alpha value is -1.03. The van der Waals surface area contributed by atoms with Gasteiger partial charge in [-0.3, -0.25) is 0 Å². The van der Waals surface area contributed by atoms with E-state index in [9.17, 15) is 8.42 Å². The van der Waals surface area contributed by atoms with Crippen molar-refractivity contribution in [1.29, 1.82) is 0 Å². The van der Waals surface area contributed by atoms with Gasteiger partial charge in [-0.05, 0) is 48.2 Å². The highest BCUT2D eigenvalue weighted by atomic mass is 127. The molecule has 0 N–H and O–H groups in total. The molecule has 5 nitrogen and oxygen atoms in total. The molecular formula is C25H34ClIO5S.